The van der Waals surface area contributed by atoms with E-state index in [1.54, 1.807) is 41.7 Å². The Bertz CT molecular complexity index is 910. The fourth-order valence-electron chi connectivity index (χ4n) is 3.48. The number of benzene rings is 1. The van der Waals surface area contributed by atoms with Crippen LogP contribution in [0.1, 0.15) is 40.5 Å². The second-order valence-corrected chi connectivity index (χ2v) is 6.67. The molecular weight excluding hydrogens is 346 g/mol. The molecular formula is C19H19N5O3. The molecule has 0 bridgehead atoms. The van der Waals surface area contributed by atoms with E-state index in [9.17, 15) is 9.59 Å². The minimum absolute atomic E-state index is 0.169. The number of imidazole rings is 1. The Morgan fingerprint density at radius 1 is 1.30 bits per heavy atom. The van der Waals surface area contributed by atoms with Crippen LogP contribution in [0.2, 0.25) is 0 Å². The summed E-state index contributed by atoms with van der Waals surface area (Å²) < 4.78 is 1.82. The molecule has 0 radical (unpaired) electrons. The molecule has 8 heteroatoms. The number of aromatic nitrogens is 2. The highest BCUT2D eigenvalue weighted by Gasteiger charge is 2.36. The summed E-state index contributed by atoms with van der Waals surface area (Å²) in [4.78, 5) is 37.2. The first kappa shape index (κ1) is 17.2. The van der Waals surface area contributed by atoms with Crippen LogP contribution in [0.15, 0.2) is 36.8 Å². The maximum absolute atomic E-state index is 13.0. The van der Waals surface area contributed by atoms with E-state index < -0.39 is 6.04 Å². The van der Waals surface area contributed by atoms with E-state index in [1.165, 1.54) is 5.06 Å². The van der Waals surface area contributed by atoms with Crippen LogP contribution in [0.3, 0.4) is 0 Å². The predicted molar refractivity (Wildman–Crippen MR) is 94.1 cm³/mol. The van der Waals surface area contributed by atoms with Crippen molar-refractivity contribution >= 4 is 11.8 Å². The molecule has 27 heavy (non-hydrogen) atoms. The Hall–Kier alpha value is -3.18. The first-order valence-corrected chi connectivity index (χ1v) is 8.92. The van der Waals surface area contributed by atoms with E-state index in [2.05, 4.69) is 4.98 Å². The summed E-state index contributed by atoms with van der Waals surface area (Å²) in [5.74, 6) is -0.380. The van der Waals surface area contributed by atoms with Gasteiger partial charge in [0.2, 0.25) is 0 Å². The molecule has 3 heterocycles. The molecule has 0 N–H and O–H groups in total. The number of fused-ring (bicyclic) bond motifs is 1. The number of carbonyl (C=O) groups excluding carboxylic acids is 2. The van der Waals surface area contributed by atoms with Crippen molar-refractivity contribution < 1.29 is 14.4 Å². The Balaban J connectivity index is 1.60. The Morgan fingerprint density at radius 2 is 2.19 bits per heavy atom. The van der Waals surface area contributed by atoms with Crippen LogP contribution in [-0.4, -0.2) is 51.0 Å². The van der Waals surface area contributed by atoms with Crippen molar-refractivity contribution in [1.82, 2.24) is 19.5 Å². The summed E-state index contributed by atoms with van der Waals surface area (Å²) >= 11 is 0. The van der Waals surface area contributed by atoms with Crippen molar-refractivity contribution in [2.45, 2.75) is 25.4 Å². The molecule has 0 saturated carbocycles. The second kappa shape index (κ2) is 7.21. The summed E-state index contributed by atoms with van der Waals surface area (Å²) in [6.45, 7) is 1.67. The Morgan fingerprint density at radius 3 is 2.96 bits per heavy atom. The first-order valence-electron chi connectivity index (χ1n) is 8.92. The lowest BCUT2D eigenvalue weighted by Gasteiger charge is -2.36. The van der Waals surface area contributed by atoms with Crippen molar-refractivity contribution in [1.29, 1.82) is 5.26 Å². The average Bonchev–Trinajstić information content (AvgIpc) is 3.21. The van der Waals surface area contributed by atoms with Gasteiger partial charge < -0.3 is 9.47 Å². The third-order valence-electron chi connectivity index (χ3n) is 4.89. The summed E-state index contributed by atoms with van der Waals surface area (Å²) in [6, 6.07) is 8.06. The minimum Gasteiger partial charge on any atom is -0.330 e. The van der Waals surface area contributed by atoms with Crippen molar-refractivity contribution in [2.24, 2.45) is 0 Å². The van der Waals surface area contributed by atoms with Gasteiger partial charge in [0.15, 0.2) is 0 Å². The number of carbonyl (C=O) groups is 2. The van der Waals surface area contributed by atoms with Gasteiger partial charge >= 0.3 is 0 Å². The van der Waals surface area contributed by atoms with Gasteiger partial charge in [0.05, 0.1) is 43.4 Å². The molecule has 2 aliphatic rings. The van der Waals surface area contributed by atoms with Gasteiger partial charge in [-0.3, -0.25) is 14.4 Å². The van der Waals surface area contributed by atoms with E-state index in [0.29, 0.717) is 30.8 Å². The van der Waals surface area contributed by atoms with Crippen molar-refractivity contribution in [3.05, 3.63) is 53.6 Å². The Kier molecular flexibility index (Phi) is 4.60. The molecule has 2 amide bonds. The van der Waals surface area contributed by atoms with Crippen LogP contribution in [0, 0.1) is 11.3 Å². The maximum Gasteiger partial charge on any atom is 0.271 e. The number of rotatable bonds is 2. The highest BCUT2D eigenvalue weighted by atomic mass is 16.7. The third kappa shape index (κ3) is 3.29. The quantitative estimate of drug-likeness (QED) is 0.804. The number of nitrogens with zero attached hydrogens (tertiary/aromatic N) is 5. The van der Waals surface area contributed by atoms with Gasteiger partial charge in [0, 0.05) is 18.3 Å². The number of hydrogen-bond donors (Lipinski definition) is 0. The molecule has 0 aliphatic carbocycles. The van der Waals surface area contributed by atoms with E-state index >= 15 is 0 Å². The fourth-order valence-corrected chi connectivity index (χ4v) is 3.48. The van der Waals surface area contributed by atoms with E-state index in [4.69, 9.17) is 10.1 Å². The molecule has 1 aromatic carbocycles. The zero-order chi connectivity index (χ0) is 18.8. The summed E-state index contributed by atoms with van der Waals surface area (Å²) in [6.07, 6.45) is 5.13. The first-order chi connectivity index (χ1) is 13.2. The van der Waals surface area contributed by atoms with Crippen molar-refractivity contribution in [2.75, 3.05) is 19.7 Å². The van der Waals surface area contributed by atoms with Crippen LogP contribution in [0.25, 0.3) is 0 Å². The molecule has 4 rings (SSSR count). The lowest BCUT2D eigenvalue weighted by atomic mass is 10.1. The van der Waals surface area contributed by atoms with Gasteiger partial charge in [-0.25, -0.2) is 10.0 Å². The predicted octanol–water partition coefficient (Wildman–Crippen LogP) is 1.51. The number of amides is 2. The highest BCUT2D eigenvalue weighted by molar-refractivity contribution is 5.95. The smallest absolute Gasteiger partial charge is 0.271 e. The van der Waals surface area contributed by atoms with Gasteiger partial charge in [0.1, 0.15) is 6.04 Å². The lowest BCUT2D eigenvalue weighted by molar-refractivity contribution is -0.201. The van der Waals surface area contributed by atoms with Crippen LogP contribution >= 0.6 is 0 Å². The Labute approximate surface area is 156 Å². The number of hydroxylamine groups is 2. The average molecular weight is 365 g/mol. The fraction of sp³-hybridized carbons (Fsp3) is 0.368. The summed E-state index contributed by atoms with van der Waals surface area (Å²) in [5, 5.41) is 10.5. The second-order valence-electron chi connectivity index (χ2n) is 6.67. The molecule has 1 saturated heterocycles. The van der Waals surface area contributed by atoms with E-state index in [-0.39, 0.29) is 18.4 Å². The molecule has 8 nitrogen and oxygen atoms in total. The summed E-state index contributed by atoms with van der Waals surface area (Å²) in [7, 11) is 0. The molecule has 2 aromatic rings. The third-order valence-corrected chi connectivity index (χ3v) is 4.89. The highest BCUT2D eigenvalue weighted by Crippen LogP contribution is 2.25. The number of nitriles is 1. The molecule has 2 aliphatic heterocycles. The van der Waals surface area contributed by atoms with Gasteiger partial charge in [-0.2, -0.15) is 5.26 Å². The standard InChI is InChI=1S/C19H19N5O3/c20-9-14-4-3-5-15(8-14)18(25)22-11-16-10-21-13-23(16)17(12-22)19(26)24-6-1-2-7-27-24/h3-5,8,10,13,17H,1-2,6-7,11-12H2. The molecule has 1 aromatic heterocycles. The van der Waals surface area contributed by atoms with E-state index in [0.717, 1.165) is 18.5 Å². The summed E-state index contributed by atoms with van der Waals surface area (Å²) in [5.41, 5.74) is 1.65. The minimum atomic E-state index is -0.572. The van der Waals surface area contributed by atoms with Crippen LogP contribution < -0.4 is 0 Å². The number of hydrogen-bond acceptors (Lipinski definition) is 5. The molecule has 1 fully saturated rings. The van der Waals surface area contributed by atoms with Crippen molar-refractivity contribution in [3.63, 3.8) is 0 Å². The largest absolute Gasteiger partial charge is 0.330 e. The normalized spacial score (nSPS) is 19.3. The van der Waals surface area contributed by atoms with Gasteiger partial charge in [-0.15, -0.1) is 0 Å². The van der Waals surface area contributed by atoms with Gasteiger partial charge in [-0.05, 0) is 31.0 Å². The molecule has 1 unspecified atom stereocenters. The van der Waals surface area contributed by atoms with Gasteiger partial charge in [-0.1, -0.05) is 6.07 Å². The van der Waals surface area contributed by atoms with Crippen LogP contribution in [-0.2, 0) is 16.2 Å². The monoisotopic (exact) mass is 365 g/mol. The van der Waals surface area contributed by atoms with Crippen molar-refractivity contribution in [3.8, 4) is 6.07 Å². The zero-order valence-electron chi connectivity index (χ0n) is 14.7. The maximum atomic E-state index is 13.0. The van der Waals surface area contributed by atoms with Crippen LogP contribution in [0.5, 0.6) is 0 Å². The SMILES string of the molecule is N#Cc1cccc(C(=O)N2Cc3cncn3C(C(=O)N3CCCCO3)C2)c1. The zero-order valence-corrected chi connectivity index (χ0v) is 14.7. The topological polar surface area (TPSA) is 91.5 Å². The van der Waals surface area contributed by atoms with E-state index in [1.807, 2.05) is 10.6 Å². The van der Waals surface area contributed by atoms with Gasteiger partial charge in [0.25, 0.3) is 11.8 Å². The van der Waals surface area contributed by atoms with Crippen LogP contribution in [0.4, 0.5) is 0 Å². The molecule has 138 valence electrons. The lowest BCUT2D eigenvalue weighted by Crippen LogP contribution is -2.48. The molecule has 0 spiro atoms. The molecule has 1 atom stereocenters.